The van der Waals surface area contributed by atoms with Gasteiger partial charge in [-0.2, -0.15) is 0 Å². The standard InChI is InChI=1S/C11H20Si/c1-12(2,3)8-7-11-9-5-4-6-10(9)11/h7-11H,4-6H2,1-3H3/b8-7+. The van der Waals surface area contributed by atoms with Crippen LogP contribution in [0.4, 0.5) is 0 Å². The van der Waals surface area contributed by atoms with E-state index in [-0.39, 0.29) is 0 Å². The van der Waals surface area contributed by atoms with Crippen LogP contribution in [0.3, 0.4) is 0 Å². The molecule has 0 heterocycles. The molecular weight excluding hydrogens is 160 g/mol. The molecule has 0 aromatic carbocycles. The van der Waals surface area contributed by atoms with Crippen molar-refractivity contribution in [3.63, 3.8) is 0 Å². The molecule has 1 heteroatoms. The second-order valence-electron chi connectivity index (χ2n) is 5.56. The van der Waals surface area contributed by atoms with Crippen LogP contribution in [-0.4, -0.2) is 8.07 Å². The number of hydrogen-bond acceptors (Lipinski definition) is 0. The van der Waals surface area contributed by atoms with Crippen LogP contribution in [0.15, 0.2) is 11.8 Å². The number of hydrogen-bond donors (Lipinski definition) is 0. The van der Waals surface area contributed by atoms with Crippen molar-refractivity contribution in [2.45, 2.75) is 38.9 Å². The van der Waals surface area contributed by atoms with Gasteiger partial charge in [0.1, 0.15) is 0 Å². The second kappa shape index (κ2) is 2.73. The van der Waals surface area contributed by atoms with Crippen molar-refractivity contribution in [1.82, 2.24) is 0 Å². The summed E-state index contributed by atoms with van der Waals surface area (Å²) in [4.78, 5) is 0. The zero-order valence-corrected chi connectivity index (χ0v) is 9.51. The minimum absolute atomic E-state index is 0.908. The fourth-order valence-corrected chi connectivity index (χ4v) is 3.36. The summed E-state index contributed by atoms with van der Waals surface area (Å²) in [7, 11) is -0.908. The lowest BCUT2D eigenvalue weighted by molar-refractivity contribution is 0.665. The maximum atomic E-state index is 2.54. The molecule has 0 N–H and O–H groups in total. The van der Waals surface area contributed by atoms with Crippen LogP contribution in [0, 0.1) is 17.8 Å². The van der Waals surface area contributed by atoms with Gasteiger partial charge < -0.3 is 0 Å². The Hall–Kier alpha value is -0.0431. The fraction of sp³-hybridized carbons (Fsp3) is 0.818. The molecule has 2 unspecified atom stereocenters. The smallest absolute Gasteiger partial charge is 0.0682 e. The van der Waals surface area contributed by atoms with E-state index in [0.717, 1.165) is 17.8 Å². The molecule has 0 aromatic rings. The van der Waals surface area contributed by atoms with Crippen LogP contribution in [0.25, 0.3) is 0 Å². The Bertz CT molecular complexity index is 190. The molecule has 0 aromatic heterocycles. The van der Waals surface area contributed by atoms with Gasteiger partial charge in [0, 0.05) is 0 Å². The molecule has 0 saturated heterocycles. The van der Waals surface area contributed by atoms with Gasteiger partial charge in [0.05, 0.1) is 8.07 Å². The lowest BCUT2D eigenvalue weighted by atomic mass is 10.1. The van der Waals surface area contributed by atoms with E-state index in [0.29, 0.717) is 0 Å². The largest absolute Gasteiger partial charge is 0.0986 e. The summed E-state index contributed by atoms with van der Waals surface area (Å²) in [5, 5.41) is 0. The molecule has 12 heavy (non-hydrogen) atoms. The van der Waals surface area contributed by atoms with Crippen molar-refractivity contribution in [2.75, 3.05) is 0 Å². The van der Waals surface area contributed by atoms with Crippen LogP contribution in [0.1, 0.15) is 19.3 Å². The third-order valence-corrected chi connectivity index (χ3v) is 4.48. The van der Waals surface area contributed by atoms with Crippen molar-refractivity contribution < 1.29 is 0 Å². The van der Waals surface area contributed by atoms with Gasteiger partial charge in [-0.15, -0.1) is 0 Å². The Morgan fingerprint density at radius 2 is 1.67 bits per heavy atom. The summed E-state index contributed by atoms with van der Waals surface area (Å²) >= 11 is 0. The lowest BCUT2D eigenvalue weighted by Gasteiger charge is -2.08. The average Bonchev–Trinajstić information content (AvgIpc) is 2.41. The highest BCUT2D eigenvalue weighted by atomic mass is 28.3. The molecule has 0 amide bonds. The average molecular weight is 180 g/mol. The van der Waals surface area contributed by atoms with Crippen molar-refractivity contribution in [2.24, 2.45) is 17.8 Å². The first-order valence-corrected chi connectivity index (χ1v) is 8.85. The van der Waals surface area contributed by atoms with Gasteiger partial charge in [0.25, 0.3) is 0 Å². The summed E-state index contributed by atoms with van der Waals surface area (Å²) in [6, 6.07) is 0. The normalized spacial score (nSPS) is 40.4. The SMILES string of the molecule is C[Si](C)(C)/C=C/C1C2CCCC12. The van der Waals surface area contributed by atoms with Crippen molar-refractivity contribution >= 4 is 8.07 Å². The molecule has 2 rings (SSSR count). The Morgan fingerprint density at radius 3 is 2.17 bits per heavy atom. The van der Waals surface area contributed by atoms with Gasteiger partial charge in [-0.1, -0.05) is 37.8 Å². The Kier molecular flexibility index (Phi) is 1.94. The highest BCUT2D eigenvalue weighted by Crippen LogP contribution is 2.58. The summed E-state index contributed by atoms with van der Waals surface area (Å²) < 4.78 is 0. The topological polar surface area (TPSA) is 0 Å². The van der Waals surface area contributed by atoms with E-state index in [1.54, 1.807) is 0 Å². The molecule has 0 spiro atoms. The Balaban J connectivity index is 1.86. The summed E-state index contributed by atoms with van der Waals surface area (Å²) in [5.74, 6) is 3.22. The van der Waals surface area contributed by atoms with Gasteiger partial charge in [-0.05, 0) is 30.6 Å². The predicted molar refractivity (Wildman–Crippen MR) is 56.8 cm³/mol. The van der Waals surface area contributed by atoms with Gasteiger partial charge >= 0.3 is 0 Å². The van der Waals surface area contributed by atoms with E-state index in [4.69, 9.17) is 0 Å². The highest BCUT2D eigenvalue weighted by molar-refractivity contribution is 6.80. The maximum absolute atomic E-state index is 2.54. The van der Waals surface area contributed by atoms with Crippen LogP contribution >= 0.6 is 0 Å². The summed E-state index contributed by atoms with van der Waals surface area (Å²) in [6.45, 7) is 7.25. The van der Waals surface area contributed by atoms with Crippen LogP contribution in [0.2, 0.25) is 19.6 Å². The third-order valence-electron chi connectivity index (χ3n) is 3.29. The van der Waals surface area contributed by atoms with E-state index in [9.17, 15) is 0 Å². The van der Waals surface area contributed by atoms with Crippen molar-refractivity contribution in [3.05, 3.63) is 11.8 Å². The first kappa shape index (κ1) is 8.55. The van der Waals surface area contributed by atoms with Crippen molar-refractivity contribution in [3.8, 4) is 0 Å². The Labute approximate surface area is 77.1 Å². The molecule has 2 fully saturated rings. The third kappa shape index (κ3) is 1.66. The minimum atomic E-state index is -0.908. The van der Waals surface area contributed by atoms with Crippen LogP contribution in [0.5, 0.6) is 0 Å². The van der Waals surface area contributed by atoms with Gasteiger partial charge in [-0.25, -0.2) is 0 Å². The molecule has 68 valence electrons. The van der Waals surface area contributed by atoms with E-state index in [2.05, 4.69) is 31.4 Å². The molecular formula is C11H20Si. The molecule has 0 aliphatic heterocycles. The summed E-state index contributed by atoms with van der Waals surface area (Å²) in [5.41, 5.74) is 2.54. The second-order valence-corrected chi connectivity index (χ2v) is 10.6. The molecule has 2 saturated carbocycles. The zero-order valence-electron chi connectivity index (χ0n) is 8.51. The van der Waals surface area contributed by atoms with Gasteiger partial charge in [-0.3, -0.25) is 0 Å². The van der Waals surface area contributed by atoms with Gasteiger partial charge in [0.2, 0.25) is 0 Å². The molecule has 2 atom stereocenters. The molecule has 2 aliphatic carbocycles. The van der Waals surface area contributed by atoms with E-state index in [1.807, 2.05) is 0 Å². The minimum Gasteiger partial charge on any atom is -0.0986 e. The number of fused-ring (bicyclic) bond motifs is 1. The van der Waals surface area contributed by atoms with E-state index in [1.165, 1.54) is 19.3 Å². The van der Waals surface area contributed by atoms with Crippen LogP contribution < -0.4 is 0 Å². The van der Waals surface area contributed by atoms with Crippen molar-refractivity contribution in [1.29, 1.82) is 0 Å². The molecule has 0 radical (unpaired) electrons. The highest BCUT2D eigenvalue weighted by Gasteiger charge is 2.50. The van der Waals surface area contributed by atoms with Crippen LogP contribution in [-0.2, 0) is 0 Å². The number of allylic oxidation sites excluding steroid dienone is 1. The monoisotopic (exact) mass is 180 g/mol. The molecule has 0 nitrogen and oxygen atoms in total. The summed E-state index contributed by atoms with van der Waals surface area (Å²) in [6.07, 6.45) is 7.09. The van der Waals surface area contributed by atoms with Gasteiger partial charge in [0.15, 0.2) is 0 Å². The zero-order chi connectivity index (χ0) is 8.77. The quantitative estimate of drug-likeness (QED) is 0.571. The molecule has 2 aliphatic rings. The first-order chi connectivity index (χ1) is 5.58. The van der Waals surface area contributed by atoms with E-state index < -0.39 is 8.07 Å². The fourth-order valence-electron chi connectivity index (χ4n) is 2.56. The Morgan fingerprint density at radius 1 is 1.08 bits per heavy atom. The first-order valence-electron chi connectivity index (χ1n) is 5.27. The maximum Gasteiger partial charge on any atom is 0.0682 e. The predicted octanol–water partition coefficient (Wildman–Crippen LogP) is 3.47. The lowest BCUT2D eigenvalue weighted by Crippen LogP contribution is -2.15. The number of rotatable bonds is 2. The van der Waals surface area contributed by atoms with E-state index >= 15 is 0 Å². The molecule has 0 bridgehead atoms.